The summed E-state index contributed by atoms with van der Waals surface area (Å²) in [4.78, 5) is 0. The number of benzene rings is 2. The second-order valence-electron chi connectivity index (χ2n) is 3.44. The van der Waals surface area contributed by atoms with Gasteiger partial charge in [0.25, 0.3) is 0 Å². The Morgan fingerprint density at radius 3 is 2.25 bits per heavy atom. The van der Waals surface area contributed by atoms with E-state index in [1.807, 2.05) is 30.3 Å². The van der Waals surface area contributed by atoms with E-state index in [0.717, 1.165) is 0 Å². The zero-order chi connectivity index (χ0) is 11.5. The molecule has 0 saturated carbocycles. The van der Waals surface area contributed by atoms with Crippen molar-refractivity contribution in [1.29, 1.82) is 0 Å². The monoisotopic (exact) mass is 215 g/mol. The molecule has 0 radical (unpaired) electrons. The van der Waals surface area contributed by atoms with Crippen molar-refractivity contribution in [3.8, 4) is 11.5 Å². The fraction of sp³-hybridized carbons (Fsp3) is 0. The van der Waals surface area contributed by atoms with Gasteiger partial charge in [0.05, 0.1) is 11.4 Å². The van der Waals surface area contributed by atoms with Gasteiger partial charge in [-0.1, -0.05) is 18.2 Å². The lowest BCUT2D eigenvalue weighted by Gasteiger charge is -2.11. The first-order chi connectivity index (χ1) is 7.66. The smallest absolute Gasteiger partial charge is 0.154 e. The minimum atomic E-state index is 0.401. The van der Waals surface area contributed by atoms with E-state index in [9.17, 15) is 0 Å². The minimum absolute atomic E-state index is 0.401. The lowest BCUT2D eigenvalue weighted by Crippen LogP contribution is -1.99. The zero-order valence-corrected chi connectivity index (χ0v) is 8.68. The Morgan fingerprint density at radius 2 is 1.56 bits per heavy atom. The van der Waals surface area contributed by atoms with Crippen molar-refractivity contribution in [2.75, 3.05) is 17.2 Å². The van der Waals surface area contributed by atoms with Gasteiger partial charge in [-0.2, -0.15) is 0 Å². The Balaban J connectivity index is 2.35. The maximum Gasteiger partial charge on any atom is 0.154 e. The molecule has 0 amide bonds. The molecule has 2 aromatic carbocycles. The Hall–Kier alpha value is -2.36. The molecule has 0 aliphatic carbocycles. The van der Waals surface area contributed by atoms with Crippen LogP contribution in [-0.4, -0.2) is 0 Å². The Morgan fingerprint density at radius 1 is 0.875 bits per heavy atom. The number of nitrogens with two attached hydrogens (primary N) is 3. The number of hydrogen-bond acceptors (Lipinski definition) is 4. The molecule has 4 nitrogen and oxygen atoms in total. The van der Waals surface area contributed by atoms with E-state index < -0.39 is 0 Å². The minimum Gasteiger partial charge on any atom is -0.455 e. The summed E-state index contributed by atoms with van der Waals surface area (Å²) < 4.78 is 5.59. The molecule has 6 N–H and O–H groups in total. The van der Waals surface area contributed by atoms with Gasteiger partial charge in [-0.15, -0.1) is 0 Å². The van der Waals surface area contributed by atoms with Gasteiger partial charge in [-0.3, -0.25) is 0 Å². The van der Waals surface area contributed by atoms with Crippen molar-refractivity contribution >= 4 is 17.1 Å². The van der Waals surface area contributed by atoms with Gasteiger partial charge in [0, 0.05) is 11.8 Å². The summed E-state index contributed by atoms with van der Waals surface area (Å²) in [5.41, 5.74) is 18.5. The largest absolute Gasteiger partial charge is 0.455 e. The highest BCUT2D eigenvalue weighted by atomic mass is 16.5. The Bertz CT molecular complexity index is 497. The van der Waals surface area contributed by atoms with Crippen LogP contribution in [0.15, 0.2) is 42.5 Å². The number of nitrogen functional groups attached to an aromatic ring is 3. The molecular weight excluding hydrogens is 202 g/mol. The molecular formula is C12H13N3O. The summed E-state index contributed by atoms with van der Waals surface area (Å²) in [5.74, 6) is 1.17. The predicted octanol–water partition coefficient (Wildman–Crippen LogP) is 2.23. The molecule has 0 spiro atoms. The van der Waals surface area contributed by atoms with E-state index in [1.165, 1.54) is 0 Å². The van der Waals surface area contributed by atoms with E-state index in [1.54, 1.807) is 12.1 Å². The van der Waals surface area contributed by atoms with Crippen LogP contribution in [-0.2, 0) is 0 Å². The summed E-state index contributed by atoms with van der Waals surface area (Å²) >= 11 is 0. The molecule has 82 valence electrons. The van der Waals surface area contributed by atoms with E-state index in [2.05, 4.69) is 0 Å². The average Bonchev–Trinajstić information content (AvgIpc) is 2.27. The van der Waals surface area contributed by atoms with Crippen LogP contribution in [0.2, 0.25) is 0 Å². The first kappa shape index (κ1) is 10.2. The highest BCUT2D eigenvalue weighted by molar-refractivity contribution is 5.76. The summed E-state index contributed by atoms with van der Waals surface area (Å²) in [6.45, 7) is 0. The molecule has 0 aliphatic heterocycles. The number of hydrogen-bond donors (Lipinski definition) is 3. The number of ether oxygens (including phenoxy) is 1. The van der Waals surface area contributed by atoms with Gasteiger partial charge >= 0.3 is 0 Å². The van der Waals surface area contributed by atoms with Crippen LogP contribution >= 0.6 is 0 Å². The van der Waals surface area contributed by atoms with Gasteiger partial charge in [-0.25, -0.2) is 0 Å². The molecule has 0 unspecified atom stereocenters. The number of anilines is 3. The summed E-state index contributed by atoms with van der Waals surface area (Å²) in [5, 5.41) is 0. The van der Waals surface area contributed by atoms with Gasteiger partial charge in [0.1, 0.15) is 5.75 Å². The molecule has 0 aliphatic rings. The van der Waals surface area contributed by atoms with Crippen LogP contribution in [0.25, 0.3) is 0 Å². The van der Waals surface area contributed by atoms with Gasteiger partial charge in [0.2, 0.25) is 0 Å². The number of para-hydroxylation sites is 1. The van der Waals surface area contributed by atoms with Crippen LogP contribution in [0.3, 0.4) is 0 Å². The quantitative estimate of drug-likeness (QED) is 0.670. The molecule has 0 heterocycles. The molecule has 0 atom stereocenters. The lowest BCUT2D eigenvalue weighted by molar-refractivity contribution is 0.485. The number of rotatable bonds is 2. The first-order valence-corrected chi connectivity index (χ1v) is 4.84. The molecule has 0 aromatic heterocycles. The molecule has 0 saturated heterocycles. The van der Waals surface area contributed by atoms with E-state index in [4.69, 9.17) is 21.9 Å². The highest BCUT2D eigenvalue weighted by Gasteiger charge is 2.06. The normalized spacial score (nSPS) is 10.0. The van der Waals surface area contributed by atoms with Gasteiger partial charge in [0.15, 0.2) is 5.75 Å². The SMILES string of the molecule is Nc1cc(N)c(N)c(Oc2ccccc2)c1. The standard InChI is InChI=1S/C12H13N3O/c13-8-6-10(14)12(15)11(7-8)16-9-4-2-1-3-5-9/h1-7H,13-15H2. The Labute approximate surface area is 93.6 Å². The Kier molecular flexibility index (Phi) is 2.55. The van der Waals surface area contributed by atoms with Crippen LogP contribution in [0, 0.1) is 0 Å². The fourth-order valence-electron chi connectivity index (χ4n) is 1.37. The third-order valence-electron chi connectivity index (χ3n) is 2.17. The summed E-state index contributed by atoms with van der Waals surface area (Å²) in [7, 11) is 0. The fourth-order valence-corrected chi connectivity index (χ4v) is 1.37. The molecule has 0 fully saturated rings. The molecule has 16 heavy (non-hydrogen) atoms. The third kappa shape index (κ3) is 2.00. The average molecular weight is 215 g/mol. The van der Waals surface area contributed by atoms with Crippen LogP contribution < -0.4 is 21.9 Å². The predicted molar refractivity (Wildman–Crippen MR) is 66.2 cm³/mol. The second-order valence-corrected chi connectivity index (χ2v) is 3.44. The maximum atomic E-state index is 5.79. The van der Waals surface area contributed by atoms with E-state index in [-0.39, 0.29) is 0 Å². The van der Waals surface area contributed by atoms with E-state index >= 15 is 0 Å². The summed E-state index contributed by atoms with van der Waals surface area (Å²) in [6, 6.07) is 12.6. The molecule has 0 bridgehead atoms. The van der Waals surface area contributed by atoms with Crippen LogP contribution in [0.5, 0.6) is 11.5 Å². The maximum absolute atomic E-state index is 5.79. The van der Waals surface area contributed by atoms with Crippen molar-refractivity contribution in [3.05, 3.63) is 42.5 Å². The molecule has 4 heteroatoms. The van der Waals surface area contributed by atoms with Crippen molar-refractivity contribution in [2.45, 2.75) is 0 Å². The van der Waals surface area contributed by atoms with Crippen molar-refractivity contribution in [2.24, 2.45) is 0 Å². The first-order valence-electron chi connectivity index (χ1n) is 4.84. The highest BCUT2D eigenvalue weighted by Crippen LogP contribution is 2.33. The molecule has 2 aromatic rings. The van der Waals surface area contributed by atoms with Crippen molar-refractivity contribution in [3.63, 3.8) is 0 Å². The van der Waals surface area contributed by atoms with Crippen molar-refractivity contribution < 1.29 is 4.74 Å². The molecule has 2 rings (SSSR count). The van der Waals surface area contributed by atoms with Gasteiger partial charge < -0.3 is 21.9 Å². The lowest BCUT2D eigenvalue weighted by atomic mass is 10.2. The van der Waals surface area contributed by atoms with Crippen LogP contribution in [0.4, 0.5) is 17.1 Å². The second kappa shape index (κ2) is 4.02. The third-order valence-corrected chi connectivity index (χ3v) is 2.17. The van der Waals surface area contributed by atoms with Gasteiger partial charge in [-0.05, 0) is 18.2 Å². The van der Waals surface area contributed by atoms with Crippen LogP contribution in [0.1, 0.15) is 0 Å². The van der Waals surface area contributed by atoms with E-state index in [0.29, 0.717) is 28.6 Å². The van der Waals surface area contributed by atoms with Crippen molar-refractivity contribution in [1.82, 2.24) is 0 Å². The zero-order valence-electron chi connectivity index (χ0n) is 8.68. The topological polar surface area (TPSA) is 87.3 Å². The summed E-state index contributed by atoms with van der Waals surface area (Å²) in [6.07, 6.45) is 0.